The van der Waals surface area contributed by atoms with Crippen molar-refractivity contribution < 1.29 is 35.1 Å². The van der Waals surface area contributed by atoms with Gasteiger partial charge in [-0.25, -0.2) is 0 Å². The van der Waals surface area contributed by atoms with Crippen molar-refractivity contribution in [2.45, 2.75) is 58.5 Å². The van der Waals surface area contributed by atoms with Crippen molar-refractivity contribution in [1.29, 1.82) is 0 Å². The lowest BCUT2D eigenvalue weighted by Gasteiger charge is -2.36. The molecule has 0 aliphatic rings. The van der Waals surface area contributed by atoms with Crippen molar-refractivity contribution >= 4 is 8.60 Å². The molecule has 0 amide bonds. The van der Waals surface area contributed by atoms with Crippen LogP contribution in [0, 0.1) is 5.41 Å². The quantitative estimate of drug-likeness (QED) is 0.367. The maximum absolute atomic E-state index is 10.8. The van der Waals surface area contributed by atoms with E-state index in [1.54, 1.807) is 0 Å². The minimum absolute atomic E-state index is 0.0223. The number of aliphatic hydroxyl groups is 4. The van der Waals surface area contributed by atoms with E-state index >= 15 is 0 Å². The SMILES string of the molecule is CC(C)(C)c1ccc(C(O)C(CO)(CO)CO)c(C(C)(C)C)c1.OP(O)O. The second-order valence-corrected chi connectivity index (χ2v) is 9.35. The highest BCUT2D eigenvalue weighted by Crippen LogP contribution is 2.40. The molecule has 0 bridgehead atoms. The second-order valence-electron chi connectivity index (χ2n) is 8.81. The third-order valence-electron chi connectivity index (χ3n) is 4.55. The zero-order chi connectivity index (χ0) is 21.6. The molecule has 1 aromatic rings. The molecular weight excluding hydrogens is 371 g/mol. The number of aliphatic hydroxyl groups excluding tert-OH is 4. The van der Waals surface area contributed by atoms with Gasteiger partial charge in [0.15, 0.2) is 0 Å². The van der Waals surface area contributed by atoms with Crippen LogP contribution in [-0.2, 0) is 10.8 Å². The van der Waals surface area contributed by atoms with Gasteiger partial charge in [-0.15, -0.1) is 0 Å². The molecular formula is C19H35O7P. The molecule has 1 rings (SSSR count). The summed E-state index contributed by atoms with van der Waals surface area (Å²) in [5, 5.41) is 39.6. The van der Waals surface area contributed by atoms with E-state index in [1.807, 2.05) is 12.1 Å². The zero-order valence-corrected chi connectivity index (χ0v) is 17.9. The molecule has 0 spiro atoms. The van der Waals surface area contributed by atoms with Crippen LogP contribution in [0.25, 0.3) is 0 Å². The Labute approximate surface area is 163 Å². The summed E-state index contributed by atoms with van der Waals surface area (Å²) >= 11 is 0. The first-order valence-electron chi connectivity index (χ1n) is 8.68. The van der Waals surface area contributed by atoms with Crippen molar-refractivity contribution in [3.63, 3.8) is 0 Å². The summed E-state index contributed by atoms with van der Waals surface area (Å²) in [6.07, 6.45) is -1.15. The highest BCUT2D eigenvalue weighted by molar-refractivity contribution is 7.38. The second kappa shape index (κ2) is 10.2. The minimum Gasteiger partial charge on any atom is -0.395 e. The highest BCUT2D eigenvalue weighted by atomic mass is 31.2. The van der Waals surface area contributed by atoms with Crippen LogP contribution >= 0.6 is 8.60 Å². The van der Waals surface area contributed by atoms with E-state index < -0.39 is 39.9 Å². The molecule has 1 aromatic carbocycles. The first kappa shape index (κ1) is 26.4. The fourth-order valence-corrected chi connectivity index (χ4v) is 2.65. The van der Waals surface area contributed by atoms with Gasteiger partial charge in [0.1, 0.15) is 0 Å². The minimum atomic E-state index is -2.62. The normalized spacial score (nSPS) is 14.0. The van der Waals surface area contributed by atoms with Gasteiger partial charge in [0.25, 0.3) is 0 Å². The van der Waals surface area contributed by atoms with E-state index in [0.717, 1.165) is 11.1 Å². The molecule has 158 valence electrons. The molecule has 8 heteroatoms. The van der Waals surface area contributed by atoms with Crippen molar-refractivity contribution in [3.8, 4) is 0 Å². The van der Waals surface area contributed by atoms with Crippen LogP contribution in [0.15, 0.2) is 18.2 Å². The van der Waals surface area contributed by atoms with E-state index in [9.17, 15) is 20.4 Å². The Morgan fingerprint density at radius 2 is 1.22 bits per heavy atom. The lowest BCUT2D eigenvalue weighted by Crippen LogP contribution is -2.41. The van der Waals surface area contributed by atoms with Crippen LogP contribution in [0.4, 0.5) is 0 Å². The van der Waals surface area contributed by atoms with E-state index in [0.29, 0.717) is 5.56 Å². The van der Waals surface area contributed by atoms with E-state index in [4.69, 9.17) is 14.7 Å². The molecule has 0 fully saturated rings. The standard InChI is InChI=1S/C19H32O4.H3O3P/c1-17(2,3)13-7-8-14(15(9-13)18(4,5)6)16(23)19(10-20,11-21)12-22;1-4(2)3/h7-9,16,20-23H,10-12H2,1-6H3;1-3H. The maximum Gasteiger partial charge on any atom is 0.324 e. The van der Waals surface area contributed by atoms with Crippen LogP contribution in [0.2, 0.25) is 0 Å². The van der Waals surface area contributed by atoms with Gasteiger partial charge in [-0.2, -0.15) is 0 Å². The first-order valence-corrected chi connectivity index (χ1v) is 9.88. The third-order valence-corrected chi connectivity index (χ3v) is 4.55. The monoisotopic (exact) mass is 406 g/mol. The van der Waals surface area contributed by atoms with Crippen molar-refractivity contribution in [1.82, 2.24) is 0 Å². The third kappa shape index (κ3) is 7.37. The maximum atomic E-state index is 10.8. The largest absolute Gasteiger partial charge is 0.395 e. The smallest absolute Gasteiger partial charge is 0.324 e. The summed E-state index contributed by atoms with van der Waals surface area (Å²) in [5.41, 5.74) is 1.15. The van der Waals surface area contributed by atoms with Crippen molar-refractivity contribution in [2.75, 3.05) is 19.8 Å². The van der Waals surface area contributed by atoms with Gasteiger partial charge in [0.2, 0.25) is 0 Å². The average molecular weight is 406 g/mol. The Bertz CT molecular complexity index is 561. The number of rotatable bonds is 5. The number of benzene rings is 1. The van der Waals surface area contributed by atoms with Crippen LogP contribution in [0.1, 0.15) is 64.3 Å². The first-order chi connectivity index (χ1) is 12.2. The fourth-order valence-electron chi connectivity index (χ4n) is 2.65. The molecule has 1 unspecified atom stereocenters. The van der Waals surface area contributed by atoms with Crippen LogP contribution in [-0.4, -0.2) is 54.9 Å². The van der Waals surface area contributed by atoms with Gasteiger partial charge in [-0.05, 0) is 27.5 Å². The Balaban J connectivity index is 0.00000153. The van der Waals surface area contributed by atoms with E-state index in [-0.39, 0.29) is 10.8 Å². The lowest BCUT2D eigenvalue weighted by molar-refractivity contribution is -0.0857. The molecule has 27 heavy (non-hydrogen) atoms. The predicted octanol–water partition coefficient (Wildman–Crippen LogP) is 1.47. The van der Waals surface area contributed by atoms with Gasteiger partial charge >= 0.3 is 8.60 Å². The van der Waals surface area contributed by atoms with Crippen molar-refractivity contribution in [3.05, 3.63) is 34.9 Å². The van der Waals surface area contributed by atoms with Gasteiger partial charge < -0.3 is 35.1 Å². The summed E-state index contributed by atoms with van der Waals surface area (Å²) in [7, 11) is -2.62. The summed E-state index contributed by atoms with van der Waals surface area (Å²) in [5.74, 6) is 0. The molecule has 0 aromatic heterocycles. The molecule has 0 radical (unpaired) electrons. The molecule has 0 saturated heterocycles. The Kier molecular flexibility index (Phi) is 10.00. The Morgan fingerprint density at radius 1 is 0.815 bits per heavy atom. The fraction of sp³-hybridized carbons (Fsp3) is 0.684. The van der Waals surface area contributed by atoms with Crippen LogP contribution < -0.4 is 0 Å². The van der Waals surface area contributed by atoms with Gasteiger partial charge in [-0.3, -0.25) is 0 Å². The zero-order valence-electron chi connectivity index (χ0n) is 17.0. The molecule has 0 saturated carbocycles. The van der Waals surface area contributed by atoms with Crippen LogP contribution in [0.3, 0.4) is 0 Å². The Hall–Kier alpha value is -0.630. The van der Waals surface area contributed by atoms with E-state index in [2.05, 4.69) is 47.6 Å². The topological polar surface area (TPSA) is 142 Å². The molecule has 1 atom stereocenters. The van der Waals surface area contributed by atoms with Gasteiger partial charge in [-0.1, -0.05) is 59.7 Å². The lowest BCUT2D eigenvalue weighted by atomic mass is 9.73. The summed E-state index contributed by atoms with van der Waals surface area (Å²) in [6, 6.07) is 5.89. The number of hydrogen-bond donors (Lipinski definition) is 7. The van der Waals surface area contributed by atoms with Gasteiger partial charge in [0, 0.05) is 0 Å². The van der Waals surface area contributed by atoms with E-state index in [1.165, 1.54) is 0 Å². The predicted molar refractivity (Wildman–Crippen MR) is 106 cm³/mol. The summed E-state index contributed by atoms with van der Waals surface area (Å²) < 4.78 is 0. The molecule has 7 N–H and O–H groups in total. The highest BCUT2D eigenvalue weighted by Gasteiger charge is 2.40. The van der Waals surface area contributed by atoms with Crippen LogP contribution in [0.5, 0.6) is 0 Å². The van der Waals surface area contributed by atoms with Gasteiger partial charge in [0.05, 0.1) is 31.3 Å². The molecule has 0 aliphatic carbocycles. The Morgan fingerprint density at radius 3 is 1.52 bits per heavy atom. The molecule has 7 nitrogen and oxygen atoms in total. The molecule has 0 aliphatic heterocycles. The summed E-state index contributed by atoms with van der Waals surface area (Å²) in [4.78, 5) is 21.7. The molecule has 0 heterocycles. The average Bonchev–Trinajstić information content (AvgIpc) is 2.54. The van der Waals surface area contributed by atoms with Crippen molar-refractivity contribution in [2.24, 2.45) is 5.41 Å². The summed E-state index contributed by atoms with van der Waals surface area (Å²) in [6.45, 7) is 11.1. The number of hydrogen-bond acceptors (Lipinski definition) is 7.